The molecule has 2 aromatic rings. The minimum Gasteiger partial charge on any atom is -0.398 e. The van der Waals surface area contributed by atoms with Crippen molar-refractivity contribution in [3.8, 4) is 0 Å². The number of nitrogen functional groups attached to an aromatic ring is 3. The van der Waals surface area contributed by atoms with Gasteiger partial charge >= 0.3 is 0 Å². The highest BCUT2D eigenvalue weighted by Gasteiger charge is 2.03. The lowest BCUT2D eigenvalue weighted by Gasteiger charge is -2.06. The standard InChI is InChI=1S/C10H10N3/c11-7-3-1-2-6-4-5-8(12)10(13)9(6)7/h1,3-5H,11-13H2. The topological polar surface area (TPSA) is 78.1 Å². The van der Waals surface area contributed by atoms with Crippen LogP contribution in [0.2, 0.25) is 0 Å². The molecule has 0 bridgehead atoms. The van der Waals surface area contributed by atoms with Crippen molar-refractivity contribution in [3.05, 3.63) is 30.3 Å². The van der Waals surface area contributed by atoms with Crippen LogP contribution in [0, 0.1) is 6.07 Å². The van der Waals surface area contributed by atoms with Crippen molar-refractivity contribution in [3.63, 3.8) is 0 Å². The van der Waals surface area contributed by atoms with Crippen LogP contribution in [-0.4, -0.2) is 0 Å². The molecule has 2 aromatic carbocycles. The molecule has 0 unspecified atom stereocenters. The van der Waals surface area contributed by atoms with E-state index in [1.54, 1.807) is 18.2 Å². The van der Waals surface area contributed by atoms with E-state index in [9.17, 15) is 0 Å². The van der Waals surface area contributed by atoms with E-state index in [0.717, 1.165) is 10.8 Å². The molecule has 3 nitrogen and oxygen atoms in total. The van der Waals surface area contributed by atoms with Gasteiger partial charge in [-0.3, -0.25) is 0 Å². The maximum atomic E-state index is 5.79. The Labute approximate surface area is 76.1 Å². The molecule has 0 aliphatic heterocycles. The van der Waals surface area contributed by atoms with E-state index >= 15 is 0 Å². The summed E-state index contributed by atoms with van der Waals surface area (Å²) < 4.78 is 0. The minimum absolute atomic E-state index is 0.534. The highest BCUT2D eigenvalue weighted by molar-refractivity contribution is 6.05. The molecule has 0 aliphatic carbocycles. The third-order valence-corrected chi connectivity index (χ3v) is 2.07. The lowest BCUT2D eigenvalue weighted by molar-refractivity contribution is 1.69. The molecular weight excluding hydrogens is 162 g/mol. The summed E-state index contributed by atoms with van der Waals surface area (Å²) in [6.07, 6.45) is 0. The first kappa shape index (κ1) is 7.73. The zero-order chi connectivity index (χ0) is 9.42. The monoisotopic (exact) mass is 172 g/mol. The first-order chi connectivity index (χ1) is 6.20. The molecule has 0 amide bonds. The van der Waals surface area contributed by atoms with E-state index in [0.29, 0.717) is 17.1 Å². The van der Waals surface area contributed by atoms with E-state index in [4.69, 9.17) is 17.2 Å². The summed E-state index contributed by atoms with van der Waals surface area (Å²) in [6, 6.07) is 10.2. The van der Waals surface area contributed by atoms with Crippen LogP contribution in [-0.2, 0) is 0 Å². The van der Waals surface area contributed by atoms with E-state index in [1.165, 1.54) is 0 Å². The van der Waals surface area contributed by atoms with Crippen LogP contribution in [0.5, 0.6) is 0 Å². The van der Waals surface area contributed by atoms with E-state index in [1.807, 2.05) is 6.07 Å². The van der Waals surface area contributed by atoms with Gasteiger partial charge in [-0.2, -0.15) is 0 Å². The number of fused-ring (bicyclic) bond motifs is 1. The molecule has 0 aliphatic rings. The number of nitrogens with two attached hydrogens (primary N) is 3. The minimum atomic E-state index is 0.534. The summed E-state index contributed by atoms with van der Waals surface area (Å²) in [6.45, 7) is 0. The number of hydrogen-bond acceptors (Lipinski definition) is 3. The maximum Gasteiger partial charge on any atom is 0.0648 e. The highest BCUT2D eigenvalue weighted by atomic mass is 14.7. The molecule has 3 heteroatoms. The molecule has 13 heavy (non-hydrogen) atoms. The highest BCUT2D eigenvalue weighted by Crippen LogP contribution is 2.30. The SMILES string of the molecule is Nc1ccc2[c]ccc(N)c2c1N. The Morgan fingerprint density at radius 1 is 0.923 bits per heavy atom. The van der Waals surface area contributed by atoms with Crippen LogP contribution >= 0.6 is 0 Å². The van der Waals surface area contributed by atoms with Gasteiger partial charge in [0, 0.05) is 11.1 Å². The number of benzene rings is 2. The molecule has 0 heterocycles. The van der Waals surface area contributed by atoms with Gasteiger partial charge < -0.3 is 17.2 Å². The fourth-order valence-corrected chi connectivity index (χ4v) is 1.37. The molecule has 65 valence electrons. The van der Waals surface area contributed by atoms with Gasteiger partial charge in [0.2, 0.25) is 0 Å². The summed E-state index contributed by atoms with van der Waals surface area (Å²) in [4.78, 5) is 0. The van der Waals surface area contributed by atoms with Gasteiger partial charge in [-0.1, -0.05) is 12.1 Å². The number of rotatable bonds is 0. The van der Waals surface area contributed by atoms with E-state index < -0.39 is 0 Å². The van der Waals surface area contributed by atoms with Gasteiger partial charge in [0.1, 0.15) is 0 Å². The second kappa shape index (κ2) is 2.55. The average Bonchev–Trinajstić information content (AvgIpc) is 2.12. The number of hydrogen-bond donors (Lipinski definition) is 3. The van der Waals surface area contributed by atoms with Gasteiger partial charge in [-0.15, -0.1) is 0 Å². The van der Waals surface area contributed by atoms with Crippen molar-refractivity contribution in [1.82, 2.24) is 0 Å². The van der Waals surface area contributed by atoms with E-state index in [2.05, 4.69) is 6.07 Å². The molecular formula is C10H10N3. The molecule has 2 rings (SSSR count). The van der Waals surface area contributed by atoms with Crippen LogP contribution in [0.3, 0.4) is 0 Å². The Morgan fingerprint density at radius 2 is 1.69 bits per heavy atom. The maximum absolute atomic E-state index is 5.79. The smallest absolute Gasteiger partial charge is 0.0648 e. The zero-order valence-electron chi connectivity index (χ0n) is 7.04. The summed E-state index contributed by atoms with van der Waals surface area (Å²) >= 11 is 0. The van der Waals surface area contributed by atoms with Gasteiger partial charge in [-0.05, 0) is 23.6 Å². The molecule has 0 fully saturated rings. The largest absolute Gasteiger partial charge is 0.398 e. The fraction of sp³-hybridized carbons (Fsp3) is 0. The molecule has 0 aromatic heterocycles. The Balaban J connectivity index is 2.97. The van der Waals surface area contributed by atoms with Crippen LogP contribution in [0.1, 0.15) is 0 Å². The van der Waals surface area contributed by atoms with Gasteiger partial charge in [0.15, 0.2) is 0 Å². The molecule has 0 spiro atoms. The van der Waals surface area contributed by atoms with Crippen molar-refractivity contribution in [2.45, 2.75) is 0 Å². The van der Waals surface area contributed by atoms with Crippen LogP contribution < -0.4 is 17.2 Å². The normalized spacial score (nSPS) is 10.5. The lowest BCUT2D eigenvalue weighted by atomic mass is 10.1. The summed E-state index contributed by atoms with van der Waals surface area (Å²) in [5, 5.41) is 1.69. The molecule has 0 saturated carbocycles. The zero-order valence-corrected chi connectivity index (χ0v) is 7.04. The van der Waals surface area contributed by atoms with Crippen molar-refractivity contribution >= 4 is 27.8 Å². The summed E-state index contributed by atoms with van der Waals surface area (Å²) in [7, 11) is 0. The van der Waals surface area contributed by atoms with Gasteiger partial charge in [0.05, 0.1) is 11.4 Å². The van der Waals surface area contributed by atoms with Crippen molar-refractivity contribution < 1.29 is 0 Å². The van der Waals surface area contributed by atoms with Crippen LogP contribution in [0.4, 0.5) is 17.1 Å². The van der Waals surface area contributed by atoms with Gasteiger partial charge in [0.25, 0.3) is 0 Å². The quantitative estimate of drug-likeness (QED) is 0.525. The molecule has 0 atom stereocenters. The first-order valence-electron chi connectivity index (χ1n) is 3.94. The third kappa shape index (κ3) is 1.05. The number of anilines is 3. The Hall–Kier alpha value is -1.90. The average molecular weight is 172 g/mol. The first-order valence-corrected chi connectivity index (χ1v) is 3.94. The van der Waals surface area contributed by atoms with Crippen molar-refractivity contribution in [1.29, 1.82) is 0 Å². The Bertz CT molecular complexity index is 463. The molecule has 1 radical (unpaired) electrons. The Kier molecular flexibility index (Phi) is 1.52. The van der Waals surface area contributed by atoms with E-state index in [-0.39, 0.29) is 0 Å². The Morgan fingerprint density at radius 3 is 2.46 bits per heavy atom. The molecule has 0 saturated heterocycles. The predicted molar refractivity (Wildman–Crippen MR) is 56.0 cm³/mol. The fourth-order valence-electron chi connectivity index (χ4n) is 1.37. The van der Waals surface area contributed by atoms with Gasteiger partial charge in [-0.25, -0.2) is 0 Å². The van der Waals surface area contributed by atoms with Crippen LogP contribution in [0.25, 0.3) is 10.8 Å². The second-order valence-electron chi connectivity index (χ2n) is 2.92. The van der Waals surface area contributed by atoms with Crippen molar-refractivity contribution in [2.24, 2.45) is 0 Å². The third-order valence-electron chi connectivity index (χ3n) is 2.07. The summed E-state index contributed by atoms with van der Waals surface area (Å²) in [5.41, 5.74) is 19.0. The second-order valence-corrected chi connectivity index (χ2v) is 2.92. The lowest BCUT2D eigenvalue weighted by Crippen LogP contribution is -1.97. The molecule has 6 N–H and O–H groups in total. The predicted octanol–water partition coefficient (Wildman–Crippen LogP) is 1.39. The van der Waals surface area contributed by atoms with Crippen LogP contribution in [0.15, 0.2) is 24.3 Å². The van der Waals surface area contributed by atoms with Crippen molar-refractivity contribution in [2.75, 3.05) is 17.2 Å². The summed E-state index contributed by atoms with van der Waals surface area (Å²) in [5.74, 6) is 0.